The number of hydrogen-bond donors (Lipinski definition) is 1. The van der Waals surface area contributed by atoms with Crippen LogP contribution in [0.4, 0.5) is 5.69 Å². The molecule has 5 nitrogen and oxygen atoms in total. The van der Waals surface area contributed by atoms with Gasteiger partial charge in [-0.2, -0.15) is 0 Å². The number of rotatable bonds is 3. The van der Waals surface area contributed by atoms with Crippen LogP contribution in [0.15, 0.2) is 29.3 Å². The van der Waals surface area contributed by atoms with Crippen molar-refractivity contribution in [2.45, 2.75) is 19.4 Å². The van der Waals surface area contributed by atoms with Crippen LogP contribution < -0.4 is 5.32 Å². The van der Waals surface area contributed by atoms with Gasteiger partial charge in [0.05, 0.1) is 10.8 Å². The van der Waals surface area contributed by atoms with Crippen LogP contribution in [-0.2, 0) is 6.54 Å². The summed E-state index contributed by atoms with van der Waals surface area (Å²) in [6.45, 7) is 1.58. The van der Waals surface area contributed by atoms with E-state index in [9.17, 15) is 10.1 Å². The smallest absolute Gasteiger partial charge is 0.269 e. The first-order valence-corrected chi connectivity index (χ1v) is 5.26. The van der Waals surface area contributed by atoms with Crippen LogP contribution in [0.2, 0.25) is 0 Å². The van der Waals surface area contributed by atoms with Gasteiger partial charge in [-0.25, -0.2) is 0 Å². The van der Waals surface area contributed by atoms with Crippen molar-refractivity contribution in [2.24, 2.45) is 4.99 Å². The number of nitrogens with zero attached hydrogens (tertiary/aromatic N) is 2. The first kappa shape index (κ1) is 10.6. The first-order chi connectivity index (χ1) is 7.75. The molecule has 1 heterocycles. The summed E-state index contributed by atoms with van der Waals surface area (Å²) < 4.78 is 0. The van der Waals surface area contributed by atoms with Gasteiger partial charge in [0.25, 0.3) is 5.69 Å². The van der Waals surface area contributed by atoms with E-state index in [0.717, 1.165) is 30.8 Å². The molecule has 0 fully saturated rings. The molecule has 1 aromatic rings. The summed E-state index contributed by atoms with van der Waals surface area (Å²) in [5, 5.41) is 13.7. The summed E-state index contributed by atoms with van der Waals surface area (Å²) in [5.74, 6) is 1.04. The van der Waals surface area contributed by atoms with E-state index in [1.54, 1.807) is 12.1 Å². The molecule has 0 aromatic heterocycles. The summed E-state index contributed by atoms with van der Waals surface area (Å²) in [4.78, 5) is 14.4. The number of aliphatic imine (C=N–C) groups is 1. The van der Waals surface area contributed by atoms with Gasteiger partial charge in [0.15, 0.2) is 0 Å². The minimum absolute atomic E-state index is 0.127. The second-order valence-corrected chi connectivity index (χ2v) is 3.71. The largest absolute Gasteiger partial charge is 0.370 e. The summed E-state index contributed by atoms with van der Waals surface area (Å²) >= 11 is 0. The zero-order valence-electron chi connectivity index (χ0n) is 8.85. The normalized spacial score (nSPS) is 14.6. The highest BCUT2D eigenvalue weighted by atomic mass is 16.6. The molecule has 1 aliphatic heterocycles. The fourth-order valence-electron chi connectivity index (χ4n) is 1.62. The maximum atomic E-state index is 10.5. The van der Waals surface area contributed by atoms with Crippen molar-refractivity contribution in [1.29, 1.82) is 0 Å². The van der Waals surface area contributed by atoms with Crippen LogP contribution in [0.3, 0.4) is 0 Å². The van der Waals surface area contributed by atoms with E-state index in [1.165, 1.54) is 12.1 Å². The highest BCUT2D eigenvalue weighted by molar-refractivity contribution is 5.83. The third kappa shape index (κ3) is 2.56. The second kappa shape index (κ2) is 4.74. The second-order valence-electron chi connectivity index (χ2n) is 3.71. The van der Waals surface area contributed by atoms with Crippen molar-refractivity contribution in [2.75, 3.05) is 6.54 Å². The lowest BCUT2D eigenvalue weighted by Gasteiger charge is -2.05. The summed E-state index contributed by atoms with van der Waals surface area (Å²) in [6, 6.07) is 6.57. The molecule has 0 saturated heterocycles. The van der Waals surface area contributed by atoms with Crippen LogP contribution in [-0.4, -0.2) is 17.3 Å². The topological polar surface area (TPSA) is 67.5 Å². The number of hydrogen-bond acceptors (Lipinski definition) is 4. The summed E-state index contributed by atoms with van der Waals surface area (Å²) in [7, 11) is 0. The molecule has 0 atom stereocenters. The van der Waals surface area contributed by atoms with Gasteiger partial charge in [-0.1, -0.05) is 12.1 Å². The maximum absolute atomic E-state index is 10.5. The molecule has 0 unspecified atom stereocenters. The number of amidine groups is 1. The van der Waals surface area contributed by atoms with Crippen molar-refractivity contribution in [3.8, 4) is 0 Å². The fraction of sp³-hybridized carbons (Fsp3) is 0.364. The number of nitro benzene ring substituents is 1. The van der Waals surface area contributed by atoms with Gasteiger partial charge in [-0.3, -0.25) is 15.1 Å². The Morgan fingerprint density at radius 2 is 2.12 bits per heavy atom. The first-order valence-electron chi connectivity index (χ1n) is 5.26. The summed E-state index contributed by atoms with van der Waals surface area (Å²) in [5.41, 5.74) is 1.15. The lowest BCUT2D eigenvalue weighted by Crippen LogP contribution is -2.20. The van der Waals surface area contributed by atoms with Gasteiger partial charge >= 0.3 is 0 Å². The monoisotopic (exact) mass is 219 g/mol. The van der Waals surface area contributed by atoms with Crippen LogP contribution in [0, 0.1) is 10.1 Å². The van der Waals surface area contributed by atoms with Gasteiger partial charge in [0.2, 0.25) is 0 Å². The van der Waals surface area contributed by atoms with E-state index in [2.05, 4.69) is 10.3 Å². The van der Waals surface area contributed by atoms with Crippen molar-refractivity contribution >= 4 is 11.5 Å². The number of non-ortho nitro benzene ring substituents is 1. The third-order valence-electron chi connectivity index (χ3n) is 2.52. The molecule has 0 aliphatic carbocycles. The number of benzene rings is 1. The maximum Gasteiger partial charge on any atom is 0.269 e. The highest BCUT2D eigenvalue weighted by Gasteiger charge is 2.06. The molecule has 0 saturated carbocycles. The third-order valence-corrected chi connectivity index (χ3v) is 2.52. The Morgan fingerprint density at radius 3 is 2.69 bits per heavy atom. The van der Waals surface area contributed by atoms with Crippen LogP contribution in [0.5, 0.6) is 0 Å². The Hall–Kier alpha value is -1.91. The van der Waals surface area contributed by atoms with E-state index >= 15 is 0 Å². The van der Waals surface area contributed by atoms with Gasteiger partial charge in [0.1, 0.15) is 0 Å². The standard InChI is InChI=1S/C11H13N3O2/c15-14(16)10-5-3-9(4-6-10)8-13-11-2-1-7-12-11/h3-6H,1-2,7-8H2,(H,12,13). The van der Waals surface area contributed by atoms with E-state index in [-0.39, 0.29) is 5.69 Å². The Bertz CT molecular complexity index is 412. The number of nitrogens with one attached hydrogen (secondary N) is 1. The molecule has 0 radical (unpaired) electrons. The molecule has 5 heteroatoms. The zero-order valence-corrected chi connectivity index (χ0v) is 8.85. The number of nitro groups is 1. The fourth-order valence-corrected chi connectivity index (χ4v) is 1.62. The Balaban J connectivity index is 1.92. The van der Waals surface area contributed by atoms with Gasteiger partial charge in [-0.15, -0.1) is 0 Å². The van der Waals surface area contributed by atoms with Crippen molar-refractivity contribution < 1.29 is 4.92 Å². The lowest BCUT2D eigenvalue weighted by atomic mass is 10.2. The SMILES string of the molecule is O=[N+]([O-])c1ccc(CNC2=NCCC2)cc1. The molecular weight excluding hydrogens is 206 g/mol. The van der Waals surface area contributed by atoms with Crippen LogP contribution >= 0.6 is 0 Å². The molecule has 84 valence electrons. The van der Waals surface area contributed by atoms with E-state index < -0.39 is 4.92 Å². The van der Waals surface area contributed by atoms with Crippen LogP contribution in [0.25, 0.3) is 0 Å². The molecule has 2 rings (SSSR count). The average Bonchev–Trinajstić information content (AvgIpc) is 2.80. The predicted octanol–water partition coefficient (Wildman–Crippen LogP) is 1.88. The van der Waals surface area contributed by atoms with Gasteiger partial charge < -0.3 is 5.32 Å². The Labute approximate surface area is 93.3 Å². The molecule has 0 spiro atoms. The van der Waals surface area contributed by atoms with Gasteiger partial charge in [-0.05, 0) is 12.0 Å². The average molecular weight is 219 g/mol. The van der Waals surface area contributed by atoms with E-state index in [4.69, 9.17) is 0 Å². The van der Waals surface area contributed by atoms with Gasteiger partial charge in [0, 0.05) is 31.6 Å². The zero-order chi connectivity index (χ0) is 11.4. The molecule has 16 heavy (non-hydrogen) atoms. The van der Waals surface area contributed by atoms with E-state index in [1.807, 2.05) is 0 Å². The Morgan fingerprint density at radius 1 is 1.38 bits per heavy atom. The lowest BCUT2D eigenvalue weighted by molar-refractivity contribution is -0.384. The summed E-state index contributed by atoms with van der Waals surface area (Å²) in [6.07, 6.45) is 2.12. The molecule has 0 bridgehead atoms. The molecule has 1 aromatic carbocycles. The molecule has 0 amide bonds. The minimum Gasteiger partial charge on any atom is -0.370 e. The molecule has 1 N–H and O–H groups in total. The minimum atomic E-state index is -0.391. The quantitative estimate of drug-likeness (QED) is 0.623. The van der Waals surface area contributed by atoms with E-state index in [0.29, 0.717) is 6.54 Å². The van der Waals surface area contributed by atoms with Crippen molar-refractivity contribution in [3.05, 3.63) is 39.9 Å². The molecular formula is C11H13N3O2. The Kier molecular flexibility index (Phi) is 3.14. The predicted molar refractivity (Wildman–Crippen MR) is 61.5 cm³/mol. The highest BCUT2D eigenvalue weighted by Crippen LogP contribution is 2.12. The van der Waals surface area contributed by atoms with Crippen molar-refractivity contribution in [1.82, 2.24) is 5.32 Å². The van der Waals surface area contributed by atoms with Crippen molar-refractivity contribution in [3.63, 3.8) is 0 Å². The molecule has 1 aliphatic rings. The van der Waals surface area contributed by atoms with Crippen LogP contribution in [0.1, 0.15) is 18.4 Å².